The third kappa shape index (κ3) is 5.48. The van der Waals surface area contributed by atoms with Crippen molar-refractivity contribution in [2.75, 3.05) is 4.90 Å². The maximum atomic E-state index is 6.36. The number of fused-ring (bicyclic) bond motifs is 7. The molecule has 2 nitrogen and oxygen atoms in total. The Morgan fingerprint density at radius 1 is 0.345 bits per heavy atom. The molecule has 0 aliphatic rings. The first-order valence-electron chi connectivity index (χ1n) is 18.7. The summed E-state index contributed by atoms with van der Waals surface area (Å²) in [6.07, 6.45) is 0. The van der Waals surface area contributed by atoms with Crippen molar-refractivity contribution in [2.45, 2.75) is 0 Å². The highest BCUT2D eigenvalue weighted by atomic mass is 32.1. The molecule has 0 spiro atoms. The van der Waals surface area contributed by atoms with E-state index in [1.807, 2.05) is 23.5 Å². The van der Waals surface area contributed by atoms with Gasteiger partial charge in [-0.15, -0.1) is 11.3 Å². The number of rotatable bonds is 6. The molecule has 0 aliphatic carbocycles. The molecule has 0 bridgehead atoms. The Morgan fingerprint density at radius 2 is 0.927 bits per heavy atom. The number of anilines is 3. The zero-order valence-corrected chi connectivity index (χ0v) is 30.6. The van der Waals surface area contributed by atoms with E-state index in [2.05, 4.69) is 193 Å². The van der Waals surface area contributed by atoms with E-state index in [1.165, 1.54) is 64.3 Å². The second-order valence-electron chi connectivity index (χ2n) is 14.1. The molecule has 0 radical (unpaired) electrons. The van der Waals surface area contributed by atoms with Crippen molar-refractivity contribution in [1.82, 2.24) is 0 Å². The molecule has 0 unspecified atom stereocenters. The minimum atomic E-state index is 0.881. The number of benzene rings is 9. The predicted octanol–water partition coefficient (Wildman–Crippen LogP) is 15.6. The monoisotopic (exact) mass is 719 g/mol. The van der Waals surface area contributed by atoms with Crippen LogP contribution < -0.4 is 4.90 Å². The molecule has 2 aromatic heterocycles. The lowest BCUT2D eigenvalue weighted by Crippen LogP contribution is -2.10. The maximum Gasteiger partial charge on any atom is 0.137 e. The van der Waals surface area contributed by atoms with Crippen LogP contribution in [0.5, 0.6) is 0 Å². The summed E-state index contributed by atoms with van der Waals surface area (Å²) in [4.78, 5) is 2.38. The molecule has 3 heteroatoms. The van der Waals surface area contributed by atoms with Crippen LogP contribution in [0, 0.1) is 0 Å². The second kappa shape index (κ2) is 12.9. The van der Waals surface area contributed by atoms with E-state index in [4.69, 9.17) is 4.42 Å². The van der Waals surface area contributed by atoms with Gasteiger partial charge in [0.05, 0.1) is 11.1 Å². The van der Waals surface area contributed by atoms with Crippen LogP contribution in [0.3, 0.4) is 0 Å². The maximum absolute atomic E-state index is 6.36. The first kappa shape index (κ1) is 31.6. The van der Waals surface area contributed by atoms with Gasteiger partial charge in [-0.1, -0.05) is 140 Å². The number of thiophene rings is 1. The van der Waals surface area contributed by atoms with Crippen LogP contribution in [0.4, 0.5) is 17.1 Å². The summed E-state index contributed by atoms with van der Waals surface area (Å²) in [5.41, 5.74) is 12.3. The minimum absolute atomic E-state index is 0.881. The quantitative estimate of drug-likeness (QED) is 0.170. The molecule has 0 saturated carbocycles. The molecule has 0 aliphatic heterocycles. The lowest BCUT2D eigenvalue weighted by atomic mass is 9.96. The van der Waals surface area contributed by atoms with Gasteiger partial charge in [0, 0.05) is 36.9 Å². The molecule has 2 heterocycles. The fourth-order valence-electron chi connectivity index (χ4n) is 8.13. The highest BCUT2D eigenvalue weighted by Crippen LogP contribution is 2.45. The summed E-state index contributed by atoms with van der Waals surface area (Å²) < 4.78 is 8.94. The minimum Gasteiger partial charge on any atom is -0.456 e. The third-order valence-corrected chi connectivity index (χ3v) is 12.0. The van der Waals surface area contributed by atoms with Crippen molar-refractivity contribution < 1.29 is 4.42 Å². The number of nitrogens with zero attached hydrogens (tertiary/aromatic N) is 1. The average Bonchev–Trinajstić information content (AvgIpc) is 3.83. The Labute approximate surface area is 322 Å². The fourth-order valence-corrected chi connectivity index (χ4v) is 9.27. The van der Waals surface area contributed by atoms with E-state index in [1.54, 1.807) is 0 Å². The summed E-state index contributed by atoms with van der Waals surface area (Å²) in [5, 5.41) is 7.33. The van der Waals surface area contributed by atoms with Gasteiger partial charge in [0.1, 0.15) is 11.2 Å². The molecule has 11 aromatic rings. The van der Waals surface area contributed by atoms with Crippen molar-refractivity contribution in [3.05, 3.63) is 200 Å². The lowest BCUT2D eigenvalue weighted by molar-refractivity contribution is 0.669. The van der Waals surface area contributed by atoms with Gasteiger partial charge in [0.15, 0.2) is 0 Å². The second-order valence-corrected chi connectivity index (χ2v) is 15.2. The third-order valence-electron chi connectivity index (χ3n) is 10.9. The molecule has 0 atom stereocenters. The molecule has 0 fully saturated rings. The summed E-state index contributed by atoms with van der Waals surface area (Å²) in [6.45, 7) is 0. The summed E-state index contributed by atoms with van der Waals surface area (Å²) in [6, 6.07) is 72.2. The Bertz CT molecular complexity index is 3210. The lowest BCUT2D eigenvalue weighted by Gasteiger charge is -2.26. The SMILES string of the molecule is c1cc(-c2ccc(-c3ccc(N(c4ccc5c(c4)sc4ccccc45)c4cccc5oc6ccccc6c45)cc3)cc2)cc(-c2ccc3ccccc3c2)c1. The zero-order valence-electron chi connectivity index (χ0n) is 29.8. The van der Waals surface area contributed by atoms with Gasteiger partial charge in [0.2, 0.25) is 0 Å². The topological polar surface area (TPSA) is 16.4 Å². The summed E-state index contributed by atoms with van der Waals surface area (Å²) in [7, 11) is 0. The molecule has 0 saturated heterocycles. The Morgan fingerprint density at radius 3 is 1.76 bits per heavy atom. The van der Waals surface area contributed by atoms with E-state index in [-0.39, 0.29) is 0 Å². The Balaban J connectivity index is 0.960. The van der Waals surface area contributed by atoms with E-state index < -0.39 is 0 Å². The molecular formula is C52H33NOS. The summed E-state index contributed by atoms with van der Waals surface area (Å²) >= 11 is 1.85. The molecule has 0 amide bonds. The van der Waals surface area contributed by atoms with Crippen LogP contribution in [0.2, 0.25) is 0 Å². The average molecular weight is 720 g/mol. The van der Waals surface area contributed by atoms with Crippen molar-refractivity contribution >= 4 is 81.3 Å². The van der Waals surface area contributed by atoms with Crippen molar-refractivity contribution in [1.29, 1.82) is 0 Å². The standard InChI is InChI=1S/C52H33NOS/c1-2-10-38-32-41(24-23-34(38)9-1)40-12-7-11-39(31-40)37-21-19-35(20-22-37)36-25-27-42(28-26-36)53(43-29-30-45-44-13-4-6-18-50(44)55-51(45)33-43)47-15-8-17-49-52(47)46-14-3-5-16-48(46)54-49/h1-33H. The smallest absolute Gasteiger partial charge is 0.137 e. The van der Waals surface area contributed by atoms with Gasteiger partial charge < -0.3 is 9.32 Å². The van der Waals surface area contributed by atoms with Crippen LogP contribution in [-0.4, -0.2) is 0 Å². The Kier molecular flexibility index (Phi) is 7.39. The predicted molar refractivity (Wildman–Crippen MR) is 235 cm³/mol. The van der Waals surface area contributed by atoms with Gasteiger partial charge in [0.25, 0.3) is 0 Å². The van der Waals surface area contributed by atoms with Crippen LogP contribution in [-0.2, 0) is 0 Å². The van der Waals surface area contributed by atoms with Crippen LogP contribution >= 0.6 is 11.3 Å². The molecule has 0 N–H and O–H groups in total. The van der Waals surface area contributed by atoms with Gasteiger partial charge in [-0.05, 0) is 105 Å². The normalized spacial score (nSPS) is 11.6. The molecule has 9 aromatic carbocycles. The summed E-state index contributed by atoms with van der Waals surface area (Å²) in [5.74, 6) is 0. The number of hydrogen-bond donors (Lipinski definition) is 0. The molecule has 55 heavy (non-hydrogen) atoms. The first-order chi connectivity index (χ1) is 27.2. The van der Waals surface area contributed by atoms with Gasteiger partial charge >= 0.3 is 0 Å². The molecular weight excluding hydrogens is 687 g/mol. The van der Waals surface area contributed by atoms with Crippen molar-refractivity contribution in [2.24, 2.45) is 0 Å². The number of furan rings is 1. The number of para-hydroxylation sites is 1. The first-order valence-corrected chi connectivity index (χ1v) is 19.5. The number of hydrogen-bond acceptors (Lipinski definition) is 3. The highest BCUT2D eigenvalue weighted by molar-refractivity contribution is 7.25. The molecule has 258 valence electrons. The van der Waals surface area contributed by atoms with E-state index in [0.717, 1.165) is 39.0 Å². The van der Waals surface area contributed by atoms with Crippen LogP contribution in [0.25, 0.3) is 86.3 Å². The highest BCUT2D eigenvalue weighted by Gasteiger charge is 2.20. The fraction of sp³-hybridized carbons (Fsp3) is 0. The Hall–Kier alpha value is -6.94. The van der Waals surface area contributed by atoms with Gasteiger partial charge in [-0.2, -0.15) is 0 Å². The largest absolute Gasteiger partial charge is 0.456 e. The van der Waals surface area contributed by atoms with Crippen molar-refractivity contribution in [3.63, 3.8) is 0 Å². The molecule has 11 rings (SSSR count). The van der Waals surface area contributed by atoms with E-state index in [9.17, 15) is 0 Å². The zero-order chi connectivity index (χ0) is 36.3. The van der Waals surface area contributed by atoms with Crippen molar-refractivity contribution in [3.8, 4) is 33.4 Å². The van der Waals surface area contributed by atoms with E-state index >= 15 is 0 Å². The van der Waals surface area contributed by atoms with Gasteiger partial charge in [-0.25, -0.2) is 0 Å². The van der Waals surface area contributed by atoms with E-state index in [0.29, 0.717) is 0 Å². The van der Waals surface area contributed by atoms with Crippen LogP contribution in [0.15, 0.2) is 205 Å². The van der Waals surface area contributed by atoms with Gasteiger partial charge in [-0.3, -0.25) is 0 Å². The van der Waals surface area contributed by atoms with Crippen LogP contribution in [0.1, 0.15) is 0 Å².